The Morgan fingerprint density at radius 2 is 2.26 bits per heavy atom. The van der Waals surface area contributed by atoms with Crippen LogP contribution in [0.2, 0.25) is 0 Å². The normalized spacial score (nSPS) is 10.4. The molecule has 0 aliphatic heterocycles. The Morgan fingerprint density at radius 1 is 1.47 bits per heavy atom. The van der Waals surface area contributed by atoms with Gasteiger partial charge in [0.25, 0.3) is 10.9 Å². The van der Waals surface area contributed by atoms with Gasteiger partial charge < -0.3 is 4.42 Å². The summed E-state index contributed by atoms with van der Waals surface area (Å²) < 4.78 is 5.11. The van der Waals surface area contributed by atoms with Gasteiger partial charge in [-0.3, -0.25) is 14.9 Å². The molecule has 0 fully saturated rings. The molecule has 0 atom stereocenters. The van der Waals surface area contributed by atoms with Crippen molar-refractivity contribution in [2.24, 2.45) is 0 Å². The third kappa shape index (κ3) is 3.38. The fourth-order valence-corrected chi connectivity index (χ4v) is 2.04. The van der Waals surface area contributed by atoms with Gasteiger partial charge in [0.05, 0.1) is 10.7 Å². The van der Waals surface area contributed by atoms with Crippen LogP contribution in [0.3, 0.4) is 0 Å². The van der Waals surface area contributed by atoms with Crippen molar-refractivity contribution >= 4 is 23.2 Å². The lowest BCUT2D eigenvalue weighted by Gasteiger charge is -1.98. The molecule has 7 nitrogen and oxygen atoms in total. The number of non-ortho nitro benzene ring substituents is 1. The number of rotatable bonds is 5. The third-order valence-corrected chi connectivity index (χ3v) is 3.03. The van der Waals surface area contributed by atoms with Crippen LogP contribution >= 0.6 is 11.8 Å². The predicted octanol–water partition coefficient (Wildman–Crippen LogP) is 2.26. The topological polar surface area (TPSA) is 99.1 Å². The maximum atomic E-state index is 11.9. The van der Waals surface area contributed by atoms with Crippen LogP contribution in [0.25, 0.3) is 0 Å². The van der Waals surface area contributed by atoms with Crippen LogP contribution in [-0.4, -0.2) is 26.7 Å². The Morgan fingerprint density at radius 3 is 2.89 bits per heavy atom. The fraction of sp³-hybridized carbons (Fsp3) is 0.182. The molecule has 0 aliphatic carbocycles. The van der Waals surface area contributed by atoms with Crippen molar-refractivity contribution in [1.82, 2.24) is 10.2 Å². The van der Waals surface area contributed by atoms with Crippen LogP contribution in [0.4, 0.5) is 5.69 Å². The van der Waals surface area contributed by atoms with Crippen molar-refractivity contribution in [2.75, 3.05) is 5.75 Å². The molecule has 0 amide bonds. The van der Waals surface area contributed by atoms with Crippen LogP contribution < -0.4 is 0 Å². The van der Waals surface area contributed by atoms with E-state index >= 15 is 0 Å². The van der Waals surface area contributed by atoms with Crippen molar-refractivity contribution < 1.29 is 14.1 Å². The fourth-order valence-electron chi connectivity index (χ4n) is 1.34. The van der Waals surface area contributed by atoms with Gasteiger partial charge in [-0.1, -0.05) is 23.9 Å². The molecule has 1 aromatic carbocycles. The average molecular weight is 279 g/mol. The maximum absolute atomic E-state index is 11.9. The van der Waals surface area contributed by atoms with E-state index in [1.807, 2.05) is 0 Å². The highest BCUT2D eigenvalue weighted by molar-refractivity contribution is 7.99. The third-order valence-electron chi connectivity index (χ3n) is 2.21. The molecule has 0 unspecified atom stereocenters. The number of carbonyl (C=O) groups is 1. The van der Waals surface area contributed by atoms with E-state index < -0.39 is 4.92 Å². The maximum Gasteiger partial charge on any atom is 0.277 e. The highest BCUT2D eigenvalue weighted by atomic mass is 32.2. The second-order valence-corrected chi connectivity index (χ2v) is 4.53. The Kier molecular flexibility index (Phi) is 3.91. The number of carbonyl (C=O) groups excluding carboxylic acids is 1. The molecular weight excluding hydrogens is 270 g/mol. The second-order valence-electron chi connectivity index (χ2n) is 3.61. The zero-order chi connectivity index (χ0) is 13.8. The summed E-state index contributed by atoms with van der Waals surface area (Å²) in [7, 11) is 0. The second kappa shape index (κ2) is 5.61. The SMILES string of the molecule is Cc1nnc(SCC(=O)c2cccc([N+](=O)[O-])c2)o1. The van der Waals surface area contributed by atoms with E-state index in [2.05, 4.69) is 10.2 Å². The highest BCUT2D eigenvalue weighted by Gasteiger charge is 2.13. The zero-order valence-corrected chi connectivity index (χ0v) is 10.7. The number of ketones is 1. The molecule has 19 heavy (non-hydrogen) atoms. The number of nitro groups is 1. The standard InChI is InChI=1S/C11H9N3O4S/c1-7-12-13-11(18-7)19-6-10(15)8-3-2-4-9(5-8)14(16)17/h2-5H,6H2,1H3. The summed E-state index contributed by atoms with van der Waals surface area (Å²) in [6.45, 7) is 1.65. The summed E-state index contributed by atoms with van der Waals surface area (Å²) in [6, 6.07) is 5.61. The van der Waals surface area contributed by atoms with Crippen molar-refractivity contribution in [2.45, 2.75) is 12.1 Å². The van der Waals surface area contributed by atoms with Gasteiger partial charge in [-0.2, -0.15) is 0 Å². The summed E-state index contributed by atoms with van der Waals surface area (Å²) in [6.07, 6.45) is 0. The van der Waals surface area contributed by atoms with E-state index in [9.17, 15) is 14.9 Å². The first-order valence-electron chi connectivity index (χ1n) is 5.27. The number of aromatic nitrogens is 2. The van der Waals surface area contributed by atoms with Crippen LogP contribution in [0, 0.1) is 17.0 Å². The first-order valence-corrected chi connectivity index (χ1v) is 6.25. The van der Waals surface area contributed by atoms with Gasteiger partial charge in [0.1, 0.15) is 0 Å². The van der Waals surface area contributed by atoms with Crippen LogP contribution in [-0.2, 0) is 0 Å². The first-order chi connectivity index (χ1) is 9.06. The summed E-state index contributed by atoms with van der Waals surface area (Å²) in [5, 5.41) is 18.3. The summed E-state index contributed by atoms with van der Waals surface area (Å²) in [5.74, 6) is 0.276. The lowest BCUT2D eigenvalue weighted by Crippen LogP contribution is -2.03. The smallest absolute Gasteiger partial charge is 0.277 e. The van der Waals surface area contributed by atoms with Gasteiger partial charge in [-0.05, 0) is 0 Å². The van der Waals surface area contributed by atoms with Gasteiger partial charge in [0.15, 0.2) is 5.78 Å². The lowest BCUT2D eigenvalue weighted by atomic mass is 10.1. The van der Waals surface area contributed by atoms with Crippen molar-refractivity contribution in [3.8, 4) is 0 Å². The van der Waals surface area contributed by atoms with Gasteiger partial charge in [-0.15, -0.1) is 10.2 Å². The predicted molar refractivity (Wildman–Crippen MR) is 67.2 cm³/mol. The lowest BCUT2D eigenvalue weighted by molar-refractivity contribution is -0.384. The minimum Gasteiger partial charge on any atom is -0.416 e. The molecule has 0 saturated carbocycles. The van der Waals surface area contributed by atoms with Gasteiger partial charge >= 0.3 is 0 Å². The number of aryl methyl sites for hydroxylation is 1. The Balaban J connectivity index is 2.03. The minimum absolute atomic E-state index is 0.0861. The minimum atomic E-state index is -0.536. The molecule has 2 aromatic rings. The van der Waals surface area contributed by atoms with E-state index in [0.29, 0.717) is 11.1 Å². The molecule has 0 radical (unpaired) electrons. The van der Waals surface area contributed by atoms with Crippen molar-refractivity contribution in [3.63, 3.8) is 0 Å². The molecule has 0 aliphatic rings. The van der Waals surface area contributed by atoms with Gasteiger partial charge in [0.2, 0.25) is 5.89 Å². The molecular formula is C11H9N3O4S. The summed E-state index contributed by atoms with van der Waals surface area (Å²) >= 11 is 1.10. The zero-order valence-electron chi connectivity index (χ0n) is 9.90. The van der Waals surface area contributed by atoms with E-state index in [1.165, 1.54) is 24.3 Å². The highest BCUT2D eigenvalue weighted by Crippen LogP contribution is 2.19. The van der Waals surface area contributed by atoms with Crippen molar-refractivity contribution in [1.29, 1.82) is 0 Å². The van der Waals surface area contributed by atoms with Gasteiger partial charge in [0, 0.05) is 24.6 Å². The number of hydrogen-bond acceptors (Lipinski definition) is 7. The van der Waals surface area contributed by atoms with Crippen LogP contribution in [0.1, 0.15) is 16.2 Å². The van der Waals surface area contributed by atoms with Crippen LogP contribution in [0.15, 0.2) is 33.9 Å². The Hall–Kier alpha value is -2.22. The molecule has 0 saturated heterocycles. The van der Waals surface area contributed by atoms with Crippen molar-refractivity contribution in [3.05, 3.63) is 45.8 Å². The average Bonchev–Trinajstić information content (AvgIpc) is 2.82. The quantitative estimate of drug-likeness (QED) is 0.358. The summed E-state index contributed by atoms with van der Waals surface area (Å²) in [4.78, 5) is 21.9. The number of thioether (sulfide) groups is 1. The number of benzene rings is 1. The number of nitrogens with zero attached hydrogens (tertiary/aromatic N) is 3. The molecule has 1 heterocycles. The molecule has 0 spiro atoms. The Bertz CT molecular complexity index is 626. The number of hydrogen-bond donors (Lipinski definition) is 0. The summed E-state index contributed by atoms with van der Waals surface area (Å²) in [5.41, 5.74) is 0.183. The van der Waals surface area contributed by atoms with E-state index in [-0.39, 0.29) is 22.8 Å². The first kappa shape index (κ1) is 13.2. The molecule has 2 rings (SSSR count). The van der Waals surface area contributed by atoms with Crippen LogP contribution in [0.5, 0.6) is 0 Å². The molecule has 0 N–H and O–H groups in total. The Labute approximate surface area is 112 Å². The van der Waals surface area contributed by atoms with E-state index in [4.69, 9.17) is 4.42 Å². The molecule has 0 bridgehead atoms. The molecule has 8 heteroatoms. The van der Waals surface area contributed by atoms with E-state index in [0.717, 1.165) is 11.8 Å². The van der Waals surface area contributed by atoms with E-state index in [1.54, 1.807) is 6.92 Å². The molecule has 98 valence electrons. The largest absolute Gasteiger partial charge is 0.416 e. The monoisotopic (exact) mass is 279 g/mol. The molecule has 1 aromatic heterocycles. The number of nitro benzene ring substituents is 1. The van der Waals surface area contributed by atoms with Gasteiger partial charge in [-0.25, -0.2) is 0 Å². The number of Topliss-reactive ketones (excluding diaryl/α,β-unsaturated/α-hetero) is 1.